The number of nitrogens with one attached hydrogen (secondary N) is 1. The Morgan fingerprint density at radius 2 is 1.79 bits per heavy atom. The minimum Gasteiger partial charge on any atom is -0.491 e. The predicted octanol–water partition coefficient (Wildman–Crippen LogP) is 3.78. The van der Waals surface area contributed by atoms with E-state index in [4.69, 9.17) is 4.74 Å². The van der Waals surface area contributed by atoms with Crippen molar-refractivity contribution in [2.75, 3.05) is 7.05 Å². The SMILES string of the molecule is CNC(c1ccccc1OC(C)C)C1CC2CC2C1. The lowest BCUT2D eigenvalue weighted by Gasteiger charge is -2.27. The third-order valence-corrected chi connectivity index (χ3v) is 4.68. The lowest BCUT2D eigenvalue weighted by atomic mass is 9.88. The molecule has 2 fully saturated rings. The molecular weight excluding hydrogens is 234 g/mol. The normalized spacial score (nSPS) is 30.2. The van der Waals surface area contributed by atoms with E-state index >= 15 is 0 Å². The number of fused-ring (bicyclic) bond motifs is 1. The van der Waals surface area contributed by atoms with E-state index in [1.807, 2.05) is 0 Å². The van der Waals surface area contributed by atoms with E-state index in [0.717, 1.165) is 23.5 Å². The van der Waals surface area contributed by atoms with Gasteiger partial charge in [-0.3, -0.25) is 0 Å². The number of benzene rings is 1. The van der Waals surface area contributed by atoms with Crippen molar-refractivity contribution in [2.24, 2.45) is 17.8 Å². The van der Waals surface area contributed by atoms with Gasteiger partial charge in [-0.15, -0.1) is 0 Å². The van der Waals surface area contributed by atoms with Crippen molar-refractivity contribution in [3.8, 4) is 5.75 Å². The lowest BCUT2D eigenvalue weighted by Crippen LogP contribution is -2.25. The van der Waals surface area contributed by atoms with Gasteiger partial charge in [0.15, 0.2) is 0 Å². The molecule has 2 aliphatic rings. The average Bonchev–Trinajstić information content (AvgIpc) is 2.99. The Morgan fingerprint density at radius 1 is 1.11 bits per heavy atom. The summed E-state index contributed by atoms with van der Waals surface area (Å²) in [6, 6.07) is 8.98. The topological polar surface area (TPSA) is 21.3 Å². The molecule has 2 saturated carbocycles. The van der Waals surface area contributed by atoms with E-state index in [1.165, 1.54) is 24.8 Å². The van der Waals surface area contributed by atoms with Gasteiger partial charge in [0, 0.05) is 11.6 Å². The summed E-state index contributed by atoms with van der Waals surface area (Å²) in [7, 11) is 2.08. The molecule has 2 heteroatoms. The molecule has 0 bridgehead atoms. The molecule has 3 unspecified atom stereocenters. The summed E-state index contributed by atoms with van der Waals surface area (Å²) in [5.41, 5.74) is 1.34. The second-order valence-corrected chi connectivity index (χ2v) is 6.46. The van der Waals surface area contributed by atoms with Crippen molar-refractivity contribution in [2.45, 2.75) is 45.3 Å². The highest BCUT2D eigenvalue weighted by Gasteiger charge is 2.48. The van der Waals surface area contributed by atoms with Gasteiger partial charge in [-0.05, 0) is 64.0 Å². The number of hydrogen-bond donors (Lipinski definition) is 1. The summed E-state index contributed by atoms with van der Waals surface area (Å²) in [5, 5.41) is 3.54. The number of rotatable bonds is 5. The first kappa shape index (κ1) is 13.0. The van der Waals surface area contributed by atoms with Crippen LogP contribution >= 0.6 is 0 Å². The highest BCUT2D eigenvalue weighted by molar-refractivity contribution is 5.37. The monoisotopic (exact) mass is 259 g/mol. The maximum absolute atomic E-state index is 5.99. The molecule has 0 spiro atoms. The third-order valence-electron chi connectivity index (χ3n) is 4.68. The summed E-state index contributed by atoms with van der Waals surface area (Å²) in [4.78, 5) is 0. The number of para-hydroxylation sites is 1. The zero-order valence-electron chi connectivity index (χ0n) is 12.2. The Morgan fingerprint density at radius 3 is 2.42 bits per heavy atom. The second-order valence-electron chi connectivity index (χ2n) is 6.46. The lowest BCUT2D eigenvalue weighted by molar-refractivity contribution is 0.233. The van der Waals surface area contributed by atoms with Gasteiger partial charge in [-0.1, -0.05) is 18.2 Å². The summed E-state index contributed by atoms with van der Waals surface area (Å²) < 4.78 is 5.99. The Bertz CT molecular complexity index is 433. The van der Waals surface area contributed by atoms with Gasteiger partial charge in [0.1, 0.15) is 5.75 Å². The summed E-state index contributed by atoms with van der Waals surface area (Å²) in [6.45, 7) is 4.19. The Hall–Kier alpha value is -1.02. The predicted molar refractivity (Wildman–Crippen MR) is 78.3 cm³/mol. The van der Waals surface area contributed by atoms with Crippen molar-refractivity contribution in [1.29, 1.82) is 0 Å². The van der Waals surface area contributed by atoms with E-state index in [-0.39, 0.29) is 6.10 Å². The molecule has 104 valence electrons. The Balaban J connectivity index is 1.81. The van der Waals surface area contributed by atoms with E-state index in [1.54, 1.807) is 0 Å². The van der Waals surface area contributed by atoms with Crippen molar-refractivity contribution >= 4 is 0 Å². The molecule has 1 N–H and O–H groups in total. The van der Waals surface area contributed by atoms with Gasteiger partial charge in [0.25, 0.3) is 0 Å². The molecule has 0 saturated heterocycles. The highest BCUT2D eigenvalue weighted by Crippen LogP contribution is 2.57. The van der Waals surface area contributed by atoms with Crippen LogP contribution in [-0.2, 0) is 0 Å². The van der Waals surface area contributed by atoms with Crippen LogP contribution < -0.4 is 10.1 Å². The smallest absolute Gasteiger partial charge is 0.124 e. The van der Waals surface area contributed by atoms with Crippen LogP contribution in [0.4, 0.5) is 0 Å². The van der Waals surface area contributed by atoms with Gasteiger partial charge in [-0.2, -0.15) is 0 Å². The highest BCUT2D eigenvalue weighted by atomic mass is 16.5. The molecule has 0 aliphatic heterocycles. The number of hydrogen-bond acceptors (Lipinski definition) is 2. The van der Waals surface area contributed by atoms with Crippen molar-refractivity contribution in [3.63, 3.8) is 0 Å². The molecule has 3 rings (SSSR count). The zero-order valence-corrected chi connectivity index (χ0v) is 12.2. The molecule has 1 aromatic rings. The maximum atomic E-state index is 5.99. The van der Waals surface area contributed by atoms with Crippen LogP contribution in [-0.4, -0.2) is 13.2 Å². The average molecular weight is 259 g/mol. The molecule has 2 aliphatic carbocycles. The first-order chi connectivity index (χ1) is 9.19. The molecule has 0 heterocycles. The third kappa shape index (κ3) is 2.64. The van der Waals surface area contributed by atoms with E-state index in [2.05, 4.69) is 50.5 Å². The van der Waals surface area contributed by atoms with Crippen molar-refractivity contribution < 1.29 is 4.74 Å². The maximum Gasteiger partial charge on any atom is 0.124 e. The molecule has 0 radical (unpaired) electrons. The summed E-state index contributed by atoms with van der Waals surface area (Å²) >= 11 is 0. The summed E-state index contributed by atoms with van der Waals surface area (Å²) in [6.07, 6.45) is 4.51. The molecule has 1 aromatic carbocycles. The van der Waals surface area contributed by atoms with Gasteiger partial charge in [-0.25, -0.2) is 0 Å². The second kappa shape index (κ2) is 5.16. The van der Waals surface area contributed by atoms with E-state index in [0.29, 0.717) is 6.04 Å². The fraction of sp³-hybridized carbons (Fsp3) is 0.647. The zero-order chi connectivity index (χ0) is 13.4. The fourth-order valence-electron chi connectivity index (χ4n) is 3.78. The van der Waals surface area contributed by atoms with Crippen LogP contribution in [0, 0.1) is 17.8 Å². The fourth-order valence-corrected chi connectivity index (χ4v) is 3.78. The first-order valence-corrected chi connectivity index (χ1v) is 7.62. The minimum atomic E-state index is 0.232. The summed E-state index contributed by atoms with van der Waals surface area (Å²) in [5.74, 6) is 3.89. The molecule has 19 heavy (non-hydrogen) atoms. The van der Waals surface area contributed by atoms with E-state index < -0.39 is 0 Å². The van der Waals surface area contributed by atoms with Crippen LogP contribution in [0.3, 0.4) is 0 Å². The quantitative estimate of drug-likeness (QED) is 0.869. The number of ether oxygens (including phenoxy) is 1. The van der Waals surface area contributed by atoms with Gasteiger partial charge < -0.3 is 10.1 Å². The molecule has 2 nitrogen and oxygen atoms in total. The molecular formula is C17H25NO. The first-order valence-electron chi connectivity index (χ1n) is 7.62. The van der Waals surface area contributed by atoms with Gasteiger partial charge >= 0.3 is 0 Å². The largest absolute Gasteiger partial charge is 0.491 e. The van der Waals surface area contributed by atoms with Gasteiger partial charge in [0.2, 0.25) is 0 Å². The van der Waals surface area contributed by atoms with Crippen LogP contribution in [0.5, 0.6) is 5.75 Å². The standard InChI is InChI=1S/C17H25NO/c1-11(2)19-16-7-5-4-6-15(16)17(18-3)14-9-12-8-13(12)10-14/h4-7,11-14,17-18H,8-10H2,1-3H3. The minimum absolute atomic E-state index is 0.232. The Kier molecular flexibility index (Phi) is 3.53. The van der Waals surface area contributed by atoms with Crippen molar-refractivity contribution in [1.82, 2.24) is 5.32 Å². The molecule has 3 atom stereocenters. The molecule has 0 aromatic heterocycles. The van der Waals surface area contributed by atoms with Crippen LogP contribution in [0.1, 0.15) is 44.7 Å². The van der Waals surface area contributed by atoms with Crippen LogP contribution in [0.2, 0.25) is 0 Å². The molecule has 0 amide bonds. The van der Waals surface area contributed by atoms with E-state index in [9.17, 15) is 0 Å². The van der Waals surface area contributed by atoms with Crippen LogP contribution in [0.25, 0.3) is 0 Å². The van der Waals surface area contributed by atoms with Crippen molar-refractivity contribution in [3.05, 3.63) is 29.8 Å². The van der Waals surface area contributed by atoms with Crippen LogP contribution in [0.15, 0.2) is 24.3 Å². The van der Waals surface area contributed by atoms with Gasteiger partial charge in [0.05, 0.1) is 6.10 Å². The Labute approximate surface area is 116 Å².